The molecule has 0 saturated heterocycles. The summed E-state index contributed by atoms with van der Waals surface area (Å²) in [6.45, 7) is 4.35. The zero-order chi connectivity index (χ0) is 45.7. The van der Waals surface area contributed by atoms with Crippen molar-refractivity contribution in [3.05, 3.63) is 48.6 Å². The van der Waals surface area contributed by atoms with Crippen molar-refractivity contribution in [2.24, 2.45) is 0 Å². The number of esters is 2. The molecule has 0 rings (SSSR count). The van der Waals surface area contributed by atoms with Crippen molar-refractivity contribution in [2.75, 3.05) is 47.5 Å². The number of phosphoric acid groups is 1. The van der Waals surface area contributed by atoms with Crippen molar-refractivity contribution in [3.8, 4) is 0 Å². The lowest BCUT2D eigenvalue weighted by molar-refractivity contribution is -0.870. The third kappa shape index (κ3) is 47.4. The summed E-state index contributed by atoms with van der Waals surface area (Å²) in [7, 11) is 1.45. The van der Waals surface area contributed by atoms with Gasteiger partial charge in [-0.1, -0.05) is 178 Å². The SMILES string of the molecule is CCCCC/C=C/C/C=C/CCCCCCCC(=O)O[C@@H](COC(=O)CCC/C=C/CC/C=C/CCCCCCCCCCCCCCCC)COP(=O)(O)OCC[N+](C)(C)C. The molecule has 1 unspecified atom stereocenters. The first-order valence-electron chi connectivity index (χ1n) is 25.4. The van der Waals surface area contributed by atoms with E-state index in [2.05, 4.69) is 62.5 Å². The van der Waals surface area contributed by atoms with Gasteiger partial charge in [0, 0.05) is 12.8 Å². The summed E-state index contributed by atoms with van der Waals surface area (Å²) in [6, 6.07) is 0. The van der Waals surface area contributed by atoms with Crippen molar-refractivity contribution in [1.82, 2.24) is 0 Å². The number of hydrogen-bond acceptors (Lipinski definition) is 7. The van der Waals surface area contributed by atoms with E-state index in [0.29, 0.717) is 23.9 Å². The maximum Gasteiger partial charge on any atom is 0.472 e. The molecule has 362 valence electrons. The molecule has 0 aliphatic heterocycles. The maximum atomic E-state index is 12.7. The van der Waals surface area contributed by atoms with E-state index in [-0.39, 0.29) is 26.1 Å². The molecule has 9 nitrogen and oxygen atoms in total. The molecular formula is C52H97NO8P+. The fourth-order valence-electron chi connectivity index (χ4n) is 6.83. The molecule has 0 amide bonds. The number of hydrogen-bond donors (Lipinski definition) is 1. The van der Waals surface area contributed by atoms with Gasteiger partial charge in [-0.2, -0.15) is 0 Å². The average Bonchev–Trinajstić information content (AvgIpc) is 3.23. The van der Waals surface area contributed by atoms with Gasteiger partial charge >= 0.3 is 19.8 Å². The lowest BCUT2D eigenvalue weighted by atomic mass is 10.0. The van der Waals surface area contributed by atoms with Crippen molar-refractivity contribution in [3.63, 3.8) is 0 Å². The second kappa shape index (κ2) is 44.2. The number of carbonyl (C=O) groups excluding carboxylic acids is 2. The van der Waals surface area contributed by atoms with Gasteiger partial charge in [-0.3, -0.25) is 18.6 Å². The summed E-state index contributed by atoms with van der Waals surface area (Å²) < 4.78 is 34.3. The molecule has 0 aliphatic rings. The van der Waals surface area contributed by atoms with E-state index >= 15 is 0 Å². The predicted octanol–water partition coefficient (Wildman–Crippen LogP) is 15.0. The van der Waals surface area contributed by atoms with Crippen molar-refractivity contribution >= 4 is 19.8 Å². The van der Waals surface area contributed by atoms with Gasteiger partial charge in [-0.15, -0.1) is 0 Å². The summed E-state index contributed by atoms with van der Waals surface area (Å²) in [4.78, 5) is 35.5. The summed E-state index contributed by atoms with van der Waals surface area (Å²) >= 11 is 0. The number of unbranched alkanes of at least 4 members (excludes halogenated alkanes) is 24. The van der Waals surface area contributed by atoms with Crippen LogP contribution in [0.3, 0.4) is 0 Å². The van der Waals surface area contributed by atoms with Crippen LogP contribution in [0.4, 0.5) is 0 Å². The van der Waals surface area contributed by atoms with E-state index in [9.17, 15) is 19.0 Å². The van der Waals surface area contributed by atoms with E-state index in [1.54, 1.807) is 0 Å². The van der Waals surface area contributed by atoms with Gasteiger partial charge in [0.15, 0.2) is 6.10 Å². The summed E-state index contributed by atoms with van der Waals surface area (Å²) in [6.07, 6.45) is 53.2. The van der Waals surface area contributed by atoms with E-state index in [1.165, 1.54) is 116 Å². The summed E-state index contributed by atoms with van der Waals surface area (Å²) in [5.41, 5.74) is 0. The number of carbonyl (C=O) groups is 2. The van der Waals surface area contributed by atoms with Crippen molar-refractivity contribution in [2.45, 2.75) is 225 Å². The predicted molar refractivity (Wildman–Crippen MR) is 261 cm³/mol. The fraction of sp³-hybridized carbons (Fsp3) is 0.808. The summed E-state index contributed by atoms with van der Waals surface area (Å²) in [5.74, 6) is -0.861. The number of ether oxygens (including phenoxy) is 2. The van der Waals surface area contributed by atoms with Gasteiger partial charge in [0.05, 0.1) is 27.7 Å². The van der Waals surface area contributed by atoms with Gasteiger partial charge in [-0.25, -0.2) is 4.57 Å². The highest BCUT2D eigenvalue weighted by atomic mass is 31.2. The van der Waals surface area contributed by atoms with E-state index in [1.807, 2.05) is 21.1 Å². The van der Waals surface area contributed by atoms with Crippen LogP contribution in [0.15, 0.2) is 48.6 Å². The Morgan fingerprint density at radius 2 is 0.903 bits per heavy atom. The molecule has 0 fully saturated rings. The topological polar surface area (TPSA) is 108 Å². The molecule has 0 bridgehead atoms. The molecule has 0 radical (unpaired) electrons. The average molecular weight is 895 g/mol. The molecule has 62 heavy (non-hydrogen) atoms. The van der Waals surface area contributed by atoms with Gasteiger partial charge in [0.25, 0.3) is 0 Å². The second-order valence-corrected chi connectivity index (χ2v) is 19.6. The summed E-state index contributed by atoms with van der Waals surface area (Å²) in [5, 5.41) is 0. The van der Waals surface area contributed by atoms with Crippen LogP contribution >= 0.6 is 7.82 Å². The quantitative estimate of drug-likeness (QED) is 0.0212. The largest absolute Gasteiger partial charge is 0.472 e. The van der Waals surface area contributed by atoms with Crippen molar-refractivity contribution < 1.29 is 42.1 Å². The Hall–Kier alpha value is -2.03. The number of likely N-dealkylation sites (N-methyl/N-ethyl adjacent to an activating group) is 1. The molecule has 0 aromatic carbocycles. The second-order valence-electron chi connectivity index (χ2n) is 18.2. The van der Waals surface area contributed by atoms with Crippen LogP contribution in [0.1, 0.15) is 219 Å². The highest BCUT2D eigenvalue weighted by molar-refractivity contribution is 7.47. The highest BCUT2D eigenvalue weighted by Gasteiger charge is 2.27. The third-order valence-corrected chi connectivity index (χ3v) is 11.8. The van der Waals surface area contributed by atoms with Gasteiger partial charge in [0.1, 0.15) is 19.8 Å². The number of allylic oxidation sites excluding steroid dienone is 8. The first-order chi connectivity index (χ1) is 30.0. The minimum absolute atomic E-state index is 0.0221. The Labute approximate surface area is 382 Å². The van der Waals surface area contributed by atoms with Crippen LogP contribution in [0.25, 0.3) is 0 Å². The fourth-order valence-corrected chi connectivity index (χ4v) is 7.57. The number of nitrogens with zero attached hydrogens (tertiary/aromatic N) is 1. The molecular weight excluding hydrogens is 798 g/mol. The van der Waals surface area contributed by atoms with Crippen LogP contribution in [0.5, 0.6) is 0 Å². The lowest BCUT2D eigenvalue weighted by Crippen LogP contribution is -2.37. The van der Waals surface area contributed by atoms with E-state index in [0.717, 1.165) is 64.2 Å². The molecule has 0 aliphatic carbocycles. The molecule has 0 aromatic heterocycles. The lowest BCUT2D eigenvalue weighted by Gasteiger charge is -2.24. The standard InChI is InChI=1S/C52H96NO8P/c1-6-8-10-12-14-16-18-20-22-23-24-25-26-27-28-29-31-32-34-36-38-40-42-44-51(54)58-48-50(49-60-62(56,57)59-47-46-53(3,4)5)61-52(55)45-43-41-39-37-35-33-30-21-19-17-15-13-11-9-7-2/h15,17,21,29-31,36,38,50H,6-14,16,18-20,22-28,32-35,37,39-49H2,1-5H3/p+1/b17-15+,30-21+,31-29+,38-36+/t50-/m0/s1. The van der Waals surface area contributed by atoms with E-state index in [4.69, 9.17) is 18.5 Å². The smallest absolute Gasteiger partial charge is 0.462 e. The van der Waals surface area contributed by atoms with Crippen LogP contribution in [0.2, 0.25) is 0 Å². The number of quaternary nitrogens is 1. The van der Waals surface area contributed by atoms with Crippen LogP contribution < -0.4 is 0 Å². The van der Waals surface area contributed by atoms with Crippen molar-refractivity contribution in [1.29, 1.82) is 0 Å². The molecule has 1 N–H and O–H groups in total. The first-order valence-corrected chi connectivity index (χ1v) is 26.9. The maximum absolute atomic E-state index is 12.7. The van der Waals surface area contributed by atoms with Crippen LogP contribution in [-0.2, 0) is 32.7 Å². The van der Waals surface area contributed by atoms with E-state index < -0.39 is 32.5 Å². The Balaban J connectivity index is 4.29. The highest BCUT2D eigenvalue weighted by Crippen LogP contribution is 2.43. The molecule has 0 saturated carbocycles. The Morgan fingerprint density at radius 1 is 0.500 bits per heavy atom. The van der Waals surface area contributed by atoms with Gasteiger partial charge < -0.3 is 18.9 Å². The molecule has 0 heterocycles. The normalized spacial score (nSPS) is 13.8. The molecule has 0 aromatic rings. The number of rotatable bonds is 46. The molecule has 0 spiro atoms. The monoisotopic (exact) mass is 895 g/mol. The minimum Gasteiger partial charge on any atom is -0.462 e. The third-order valence-electron chi connectivity index (χ3n) is 10.8. The zero-order valence-electron chi connectivity index (χ0n) is 40.9. The van der Waals surface area contributed by atoms with Crippen LogP contribution in [0, 0.1) is 0 Å². The Bertz CT molecular complexity index is 1190. The van der Waals surface area contributed by atoms with Gasteiger partial charge in [-0.05, 0) is 77.0 Å². The van der Waals surface area contributed by atoms with Gasteiger partial charge in [0.2, 0.25) is 0 Å². The number of phosphoric ester groups is 1. The Morgan fingerprint density at radius 3 is 1.42 bits per heavy atom. The minimum atomic E-state index is -4.39. The zero-order valence-corrected chi connectivity index (χ0v) is 41.7. The van der Waals surface area contributed by atoms with Crippen LogP contribution in [-0.4, -0.2) is 74.9 Å². The molecule has 10 heteroatoms. The molecule has 2 atom stereocenters. The Kier molecular flexibility index (Phi) is 42.7. The first kappa shape index (κ1) is 60.0.